The summed E-state index contributed by atoms with van der Waals surface area (Å²) >= 11 is 0. The molecule has 112 valence electrons. The Hall–Kier alpha value is -2.37. The maximum atomic E-state index is 11.2. The summed E-state index contributed by atoms with van der Waals surface area (Å²) in [6.45, 7) is 0. The molecule has 6 heteroatoms. The molecule has 6 nitrogen and oxygen atoms in total. The van der Waals surface area contributed by atoms with Crippen molar-refractivity contribution < 1.29 is 29.7 Å². The molecule has 2 rings (SSSR count). The molecule has 21 heavy (non-hydrogen) atoms. The predicted octanol–water partition coefficient (Wildman–Crippen LogP) is 1.74. The molecular weight excluding hydrogens is 276 g/mol. The number of hydrogen-bond acceptors (Lipinski definition) is 3. The predicted molar refractivity (Wildman–Crippen MR) is 72.1 cm³/mol. The van der Waals surface area contributed by atoms with E-state index in [4.69, 9.17) is 10.2 Å². The van der Waals surface area contributed by atoms with Crippen molar-refractivity contribution in [2.45, 2.75) is 19.3 Å². The van der Waals surface area contributed by atoms with Crippen LogP contribution in [0.4, 0.5) is 0 Å². The molecule has 0 aromatic heterocycles. The van der Waals surface area contributed by atoms with E-state index in [1.165, 1.54) is 12.1 Å². The number of aliphatic carboxylic acids is 2. The van der Waals surface area contributed by atoms with Crippen LogP contribution in [0.5, 0.6) is 0 Å². The van der Waals surface area contributed by atoms with Crippen molar-refractivity contribution in [2.24, 2.45) is 17.8 Å². The fourth-order valence-electron chi connectivity index (χ4n) is 2.60. The van der Waals surface area contributed by atoms with Gasteiger partial charge in [0.1, 0.15) is 0 Å². The van der Waals surface area contributed by atoms with E-state index in [-0.39, 0.29) is 11.5 Å². The van der Waals surface area contributed by atoms with Crippen molar-refractivity contribution in [1.29, 1.82) is 0 Å². The van der Waals surface area contributed by atoms with Gasteiger partial charge in [-0.05, 0) is 42.9 Å². The zero-order valence-corrected chi connectivity index (χ0v) is 11.2. The average molecular weight is 292 g/mol. The lowest BCUT2D eigenvalue weighted by molar-refractivity contribution is -0.143. The molecule has 0 spiro atoms. The Bertz CT molecular complexity index is 562. The number of aromatic carboxylic acids is 1. The molecule has 0 heterocycles. The first-order valence-corrected chi connectivity index (χ1v) is 6.68. The molecule has 0 saturated heterocycles. The number of aryl methyl sites for hydroxylation is 1. The van der Waals surface area contributed by atoms with Gasteiger partial charge < -0.3 is 15.3 Å². The summed E-state index contributed by atoms with van der Waals surface area (Å²) in [6, 6.07) is 6.27. The standard InChI is InChI=1S/C15H16O6/c16-13(17)9-4-1-8(2-5-9)3-6-10(14(18)19)11-7-12(11)15(20)21/h1-2,4-5,10-12H,3,6-7H2,(H,16,17)(H,18,19)(H,20,21). The number of carboxylic acids is 3. The Kier molecular flexibility index (Phi) is 4.26. The van der Waals surface area contributed by atoms with Crippen molar-refractivity contribution in [3.05, 3.63) is 35.4 Å². The molecule has 1 aromatic rings. The van der Waals surface area contributed by atoms with Gasteiger partial charge in [-0.3, -0.25) is 9.59 Å². The van der Waals surface area contributed by atoms with Crippen LogP contribution in [-0.2, 0) is 16.0 Å². The molecule has 1 saturated carbocycles. The van der Waals surface area contributed by atoms with E-state index in [1.807, 2.05) is 0 Å². The fourth-order valence-corrected chi connectivity index (χ4v) is 2.60. The third kappa shape index (κ3) is 3.59. The Labute approximate surface area is 121 Å². The maximum Gasteiger partial charge on any atom is 0.335 e. The smallest absolute Gasteiger partial charge is 0.335 e. The second kappa shape index (κ2) is 5.95. The minimum absolute atomic E-state index is 0.182. The molecule has 0 bridgehead atoms. The van der Waals surface area contributed by atoms with Gasteiger partial charge in [0.05, 0.1) is 17.4 Å². The molecule has 0 amide bonds. The van der Waals surface area contributed by atoms with E-state index in [0.717, 1.165) is 5.56 Å². The Morgan fingerprint density at radius 3 is 2.14 bits per heavy atom. The first kappa shape index (κ1) is 15.0. The van der Waals surface area contributed by atoms with Crippen LogP contribution in [0.25, 0.3) is 0 Å². The van der Waals surface area contributed by atoms with Crippen LogP contribution in [0, 0.1) is 17.8 Å². The lowest BCUT2D eigenvalue weighted by Crippen LogP contribution is -2.19. The summed E-state index contributed by atoms with van der Waals surface area (Å²) in [7, 11) is 0. The summed E-state index contributed by atoms with van der Waals surface area (Å²) in [5, 5.41) is 26.9. The highest BCUT2D eigenvalue weighted by Gasteiger charge is 2.50. The van der Waals surface area contributed by atoms with Crippen molar-refractivity contribution >= 4 is 17.9 Å². The molecule has 3 N–H and O–H groups in total. The lowest BCUT2D eigenvalue weighted by atomic mass is 9.93. The van der Waals surface area contributed by atoms with E-state index < -0.39 is 29.7 Å². The van der Waals surface area contributed by atoms with Gasteiger partial charge in [0, 0.05) is 0 Å². The van der Waals surface area contributed by atoms with Crippen molar-refractivity contribution in [2.75, 3.05) is 0 Å². The van der Waals surface area contributed by atoms with Crippen molar-refractivity contribution in [1.82, 2.24) is 0 Å². The van der Waals surface area contributed by atoms with Gasteiger partial charge in [-0.25, -0.2) is 4.79 Å². The van der Waals surface area contributed by atoms with Gasteiger partial charge in [-0.1, -0.05) is 12.1 Å². The number of rotatable bonds is 7. The van der Waals surface area contributed by atoms with Gasteiger partial charge in [-0.2, -0.15) is 0 Å². The number of hydrogen-bond donors (Lipinski definition) is 3. The van der Waals surface area contributed by atoms with E-state index in [0.29, 0.717) is 19.3 Å². The second-order valence-electron chi connectivity index (χ2n) is 5.33. The Morgan fingerprint density at radius 1 is 1.10 bits per heavy atom. The third-order valence-corrected chi connectivity index (χ3v) is 3.94. The highest BCUT2D eigenvalue weighted by molar-refractivity contribution is 5.87. The summed E-state index contributed by atoms with van der Waals surface area (Å²) in [5.41, 5.74) is 1.03. The van der Waals surface area contributed by atoms with Gasteiger partial charge >= 0.3 is 17.9 Å². The van der Waals surface area contributed by atoms with Gasteiger partial charge in [0.25, 0.3) is 0 Å². The first-order valence-electron chi connectivity index (χ1n) is 6.68. The molecule has 3 atom stereocenters. The molecular formula is C15H16O6. The van der Waals surface area contributed by atoms with Gasteiger partial charge in [0.15, 0.2) is 0 Å². The van der Waals surface area contributed by atoms with Crippen LogP contribution in [0.1, 0.15) is 28.8 Å². The van der Waals surface area contributed by atoms with Crippen LogP contribution in [-0.4, -0.2) is 33.2 Å². The fraction of sp³-hybridized carbons (Fsp3) is 0.400. The first-order chi connectivity index (χ1) is 9.90. The van der Waals surface area contributed by atoms with Gasteiger partial charge in [-0.15, -0.1) is 0 Å². The summed E-state index contributed by atoms with van der Waals surface area (Å²) < 4.78 is 0. The van der Waals surface area contributed by atoms with Crippen LogP contribution in [0.2, 0.25) is 0 Å². The topological polar surface area (TPSA) is 112 Å². The van der Waals surface area contributed by atoms with E-state index >= 15 is 0 Å². The van der Waals surface area contributed by atoms with Crippen LogP contribution in [0.3, 0.4) is 0 Å². The third-order valence-electron chi connectivity index (χ3n) is 3.94. The minimum Gasteiger partial charge on any atom is -0.481 e. The second-order valence-corrected chi connectivity index (χ2v) is 5.33. The number of carboxylic acid groups (broad SMARTS) is 3. The zero-order chi connectivity index (χ0) is 15.6. The van der Waals surface area contributed by atoms with Crippen LogP contribution >= 0.6 is 0 Å². The normalized spacial score (nSPS) is 21.5. The molecule has 1 fully saturated rings. The highest BCUT2D eigenvalue weighted by atomic mass is 16.4. The van der Waals surface area contributed by atoms with E-state index in [2.05, 4.69) is 0 Å². The summed E-state index contributed by atoms with van der Waals surface area (Å²) in [4.78, 5) is 32.8. The van der Waals surface area contributed by atoms with E-state index in [1.54, 1.807) is 12.1 Å². The molecule has 1 aliphatic carbocycles. The van der Waals surface area contributed by atoms with Crippen molar-refractivity contribution in [3.8, 4) is 0 Å². The monoisotopic (exact) mass is 292 g/mol. The molecule has 0 radical (unpaired) electrons. The van der Waals surface area contributed by atoms with Crippen molar-refractivity contribution in [3.63, 3.8) is 0 Å². The number of benzene rings is 1. The molecule has 0 aliphatic heterocycles. The summed E-state index contributed by atoms with van der Waals surface area (Å²) in [5.74, 6) is -4.40. The Morgan fingerprint density at radius 2 is 1.71 bits per heavy atom. The lowest BCUT2D eigenvalue weighted by Gasteiger charge is -2.11. The number of carbonyl (C=O) groups is 3. The van der Waals surface area contributed by atoms with Gasteiger partial charge in [0.2, 0.25) is 0 Å². The summed E-state index contributed by atoms with van der Waals surface area (Å²) in [6.07, 6.45) is 1.26. The highest BCUT2D eigenvalue weighted by Crippen LogP contribution is 2.46. The molecule has 1 aliphatic rings. The maximum absolute atomic E-state index is 11.2. The Balaban J connectivity index is 1.95. The average Bonchev–Trinajstić information content (AvgIpc) is 3.19. The molecule has 1 aromatic carbocycles. The quantitative estimate of drug-likeness (QED) is 0.705. The van der Waals surface area contributed by atoms with Crippen LogP contribution in [0.15, 0.2) is 24.3 Å². The van der Waals surface area contributed by atoms with E-state index in [9.17, 15) is 19.5 Å². The SMILES string of the molecule is O=C(O)c1ccc(CCC(C(=O)O)C2CC2C(=O)O)cc1. The van der Waals surface area contributed by atoms with Crippen LogP contribution < -0.4 is 0 Å². The minimum atomic E-state index is -1.01. The largest absolute Gasteiger partial charge is 0.481 e. The molecule has 3 unspecified atom stereocenters. The zero-order valence-electron chi connectivity index (χ0n) is 11.2.